The lowest BCUT2D eigenvalue weighted by Gasteiger charge is -2.43. The molecule has 1 saturated carbocycles. The standard InChI is InChI=1S/C14H20O2/c1-13-5-3-10(14(2)9-16-14)7-11(13)8-12(15)4-6-13/h8,10H,3-7,9H2,1-2H3. The summed E-state index contributed by atoms with van der Waals surface area (Å²) in [7, 11) is 0. The largest absolute Gasteiger partial charge is 0.370 e. The van der Waals surface area contributed by atoms with Crippen molar-refractivity contribution in [3.8, 4) is 0 Å². The van der Waals surface area contributed by atoms with Crippen LogP contribution in [0.3, 0.4) is 0 Å². The molecule has 0 N–H and O–H groups in total. The number of carbonyl (C=O) groups is 1. The molecule has 2 nitrogen and oxygen atoms in total. The molecule has 3 rings (SSSR count). The number of epoxide rings is 1. The highest BCUT2D eigenvalue weighted by Gasteiger charge is 2.50. The zero-order valence-electron chi connectivity index (χ0n) is 10.2. The predicted octanol–water partition coefficient (Wildman–Crippen LogP) is 2.87. The van der Waals surface area contributed by atoms with Gasteiger partial charge in [0.05, 0.1) is 12.2 Å². The van der Waals surface area contributed by atoms with Crippen LogP contribution in [0, 0.1) is 11.3 Å². The van der Waals surface area contributed by atoms with Crippen molar-refractivity contribution in [2.75, 3.05) is 6.61 Å². The van der Waals surface area contributed by atoms with Crippen LogP contribution in [0.4, 0.5) is 0 Å². The Morgan fingerprint density at radius 2 is 2.12 bits per heavy atom. The number of hydrogen-bond acceptors (Lipinski definition) is 2. The van der Waals surface area contributed by atoms with Crippen LogP contribution in [0.5, 0.6) is 0 Å². The molecule has 0 radical (unpaired) electrons. The van der Waals surface area contributed by atoms with Crippen LogP contribution >= 0.6 is 0 Å². The van der Waals surface area contributed by atoms with Gasteiger partial charge in [-0.05, 0) is 50.0 Å². The molecule has 2 heteroatoms. The molecule has 0 aromatic heterocycles. The predicted molar refractivity (Wildman–Crippen MR) is 62.1 cm³/mol. The van der Waals surface area contributed by atoms with Crippen molar-refractivity contribution < 1.29 is 9.53 Å². The van der Waals surface area contributed by atoms with Crippen molar-refractivity contribution in [2.45, 2.75) is 51.6 Å². The molecule has 1 heterocycles. The van der Waals surface area contributed by atoms with Crippen molar-refractivity contribution in [3.63, 3.8) is 0 Å². The number of carbonyl (C=O) groups excluding carboxylic acids is 1. The van der Waals surface area contributed by atoms with Crippen molar-refractivity contribution in [1.82, 2.24) is 0 Å². The van der Waals surface area contributed by atoms with E-state index in [9.17, 15) is 4.79 Å². The van der Waals surface area contributed by atoms with Gasteiger partial charge in [0, 0.05) is 6.42 Å². The minimum absolute atomic E-state index is 0.128. The first-order valence-corrected chi connectivity index (χ1v) is 6.40. The maximum absolute atomic E-state index is 11.5. The fraction of sp³-hybridized carbons (Fsp3) is 0.786. The van der Waals surface area contributed by atoms with Gasteiger partial charge in [-0.3, -0.25) is 4.79 Å². The van der Waals surface area contributed by atoms with Gasteiger partial charge in [-0.25, -0.2) is 0 Å². The smallest absolute Gasteiger partial charge is 0.155 e. The van der Waals surface area contributed by atoms with Crippen molar-refractivity contribution in [3.05, 3.63) is 11.6 Å². The molecule has 2 aliphatic carbocycles. The molecule has 0 spiro atoms. The molecule has 3 atom stereocenters. The summed E-state index contributed by atoms with van der Waals surface area (Å²) in [5.74, 6) is 0.965. The lowest BCUT2D eigenvalue weighted by atomic mass is 9.61. The maximum Gasteiger partial charge on any atom is 0.155 e. The summed E-state index contributed by atoms with van der Waals surface area (Å²) in [6, 6.07) is 0. The third-order valence-electron chi connectivity index (χ3n) is 5.01. The highest BCUT2D eigenvalue weighted by Crippen LogP contribution is 2.53. The Morgan fingerprint density at radius 1 is 1.38 bits per heavy atom. The summed E-state index contributed by atoms with van der Waals surface area (Å²) in [5.41, 5.74) is 1.84. The highest BCUT2D eigenvalue weighted by molar-refractivity contribution is 5.91. The number of rotatable bonds is 1. The zero-order valence-corrected chi connectivity index (χ0v) is 10.2. The van der Waals surface area contributed by atoms with E-state index >= 15 is 0 Å². The fourth-order valence-corrected chi connectivity index (χ4v) is 3.32. The van der Waals surface area contributed by atoms with E-state index in [2.05, 4.69) is 13.8 Å². The molecular weight excluding hydrogens is 200 g/mol. The molecule has 3 unspecified atom stereocenters. The molecule has 0 aromatic rings. The van der Waals surface area contributed by atoms with Crippen LogP contribution in [0.15, 0.2) is 11.6 Å². The van der Waals surface area contributed by atoms with E-state index in [-0.39, 0.29) is 5.60 Å². The molecule has 0 amide bonds. The van der Waals surface area contributed by atoms with Crippen LogP contribution in [0.25, 0.3) is 0 Å². The Kier molecular flexibility index (Phi) is 2.10. The quantitative estimate of drug-likeness (QED) is 0.636. The Morgan fingerprint density at radius 3 is 2.81 bits per heavy atom. The normalized spacial score (nSPS) is 47.2. The Balaban J connectivity index is 1.84. The number of ether oxygens (including phenoxy) is 1. The topological polar surface area (TPSA) is 29.6 Å². The van der Waals surface area contributed by atoms with E-state index in [1.807, 2.05) is 6.08 Å². The van der Waals surface area contributed by atoms with Gasteiger partial charge < -0.3 is 4.74 Å². The summed E-state index contributed by atoms with van der Waals surface area (Å²) in [6.45, 7) is 5.46. The Bertz CT molecular complexity index is 365. The minimum atomic E-state index is 0.128. The highest BCUT2D eigenvalue weighted by atomic mass is 16.6. The van der Waals surface area contributed by atoms with E-state index < -0.39 is 0 Å². The maximum atomic E-state index is 11.5. The third kappa shape index (κ3) is 1.55. The average Bonchev–Trinajstić information content (AvgIpc) is 2.98. The van der Waals surface area contributed by atoms with Crippen LogP contribution in [-0.4, -0.2) is 18.0 Å². The van der Waals surface area contributed by atoms with E-state index in [1.165, 1.54) is 18.4 Å². The van der Waals surface area contributed by atoms with Crippen LogP contribution in [-0.2, 0) is 9.53 Å². The molecule has 1 saturated heterocycles. The first-order valence-electron chi connectivity index (χ1n) is 6.40. The van der Waals surface area contributed by atoms with Gasteiger partial charge in [0.25, 0.3) is 0 Å². The lowest BCUT2D eigenvalue weighted by molar-refractivity contribution is -0.116. The number of fused-ring (bicyclic) bond motifs is 1. The molecular formula is C14H20O2. The first kappa shape index (κ1) is 10.5. The molecule has 88 valence electrons. The molecule has 0 aromatic carbocycles. The monoisotopic (exact) mass is 220 g/mol. The average molecular weight is 220 g/mol. The molecule has 16 heavy (non-hydrogen) atoms. The van der Waals surface area contributed by atoms with E-state index in [1.54, 1.807) is 0 Å². The van der Waals surface area contributed by atoms with E-state index in [4.69, 9.17) is 4.74 Å². The summed E-state index contributed by atoms with van der Waals surface area (Å²) < 4.78 is 5.56. The number of ketones is 1. The van der Waals surface area contributed by atoms with Gasteiger partial charge in [0.15, 0.2) is 5.78 Å². The summed E-state index contributed by atoms with van der Waals surface area (Å²) in [4.78, 5) is 11.5. The summed E-state index contributed by atoms with van der Waals surface area (Å²) in [6.07, 6.45) is 7.31. The Labute approximate surface area is 97.1 Å². The first-order chi connectivity index (χ1) is 7.52. The minimum Gasteiger partial charge on any atom is -0.370 e. The molecule has 0 bridgehead atoms. The zero-order chi connectivity index (χ0) is 11.4. The van der Waals surface area contributed by atoms with Gasteiger partial charge in [0.2, 0.25) is 0 Å². The second kappa shape index (κ2) is 3.19. The van der Waals surface area contributed by atoms with Crippen molar-refractivity contribution >= 4 is 5.78 Å². The van der Waals surface area contributed by atoms with Gasteiger partial charge in [-0.2, -0.15) is 0 Å². The molecule has 1 aliphatic heterocycles. The van der Waals surface area contributed by atoms with Gasteiger partial charge in [-0.1, -0.05) is 12.5 Å². The third-order valence-corrected chi connectivity index (χ3v) is 5.01. The Hall–Kier alpha value is -0.630. The van der Waals surface area contributed by atoms with Crippen molar-refractivity contribution in [2.24, 2.45) is 11.3 Å². The van der Waals surface area contributed by atoms with E-state index in [0.29, 0.717) is 17.1 Å². The summed E-state index contributed by atoms with van der Waals surface area (Å²) in [5, 5.41) is 0. The van der Waals surface area contributed by atoms with Crippen LogP contribution in [0.2, 0.25) is 0 Å². The van der Waals surface area contributed by atoms with Crippen molar-refractivity contribution in [1.29, 1.82) is 0 Å². The number of allylic oxidation sites excluding steroid dienone is 2. The van der Waals surface area contributed by atoms with Gasteiger partial charge in [0.1, 0.15) is 0 Å². The van der Waals surface area contributed by atoms with E-state index in [0.717, 1.165) is 25.9 Å². The lowest BCUT2D eigenvalue weighted by Crippen LogP contribution is -2.35. The number of hydrogen-bond donors (Lipinski definition) is 0. The second-order valence-electron chi connectivity index (χ2n) is 6.24. The second-order valence-corrected chi connectivity index (χ2v) is 6.24. The van der Waals surface area contributed by atoms with Gasteiger partial charge >= 0.3 is 0 Å². The summed E-state index contributed by atoms with van der Waals surface area (Å²) >= 11 is 0. The fourth-order valence-electron chi connectivity index (χ4n) is 3.32. The van der Waals surface area contributed by atoms with Crippen LogP contribution in [0.1, 0.15) is 46.0 Å². The van der Waals surface area contributed by atoms with Crippen LogP contribution < -0.4 is 0 Å². The SMILES string of the molecule is CC12CCC(=O)C=C1CC(C1(C)CO1)CC2. The molecule has 2 fully saturated rings. The van der Waals surface area contributed by atoms with Gasteiger partial charge in [-0.15, -0.1) is 0 Å². The molecule has 3 aliphatic rings.